The molecule has 82 valence electrons. The molecule has 1 aromatic carbocycles. The molecular weight excluding hydrogens is 196 g/mol. The number of benzene rings is 1. The van der Waals surface area contributed by atoms with Crippen molar-refractivity contribution in [2.75, 3.05) is 0 Å². The van der Waals surface area contributed by atoms with Crippen LogP contribution < -0.4 is 5.32 Å². The molecule has 0 aromatic heterocycles. The van der Waals surface area contributed by atoms with Gasteiger partial charge in [-0.2, -0.15) is 5.26 Å². The van der Waals surface area contributed by atoms with Crippen LogP contribution in [0.5, 0.6) is 0 Å². The van der Waals surface area contributed by atoms with E-state index in [1.807, 2.05) is 39.0 Å². The molecule has 0 atom stereocenters. The third-order valence-corrected chi connectivity index (χ3v) is 2.55. The second-order valence-electron chi connectivity index (χ2n) is 4.38. The lowest BCUT2D eigenvalue weighted by atomic mass is 10.0. The van der Waals surface area contributed by atoms with Gasteiger partial charge in [0.25, 0.3) is 0 Å². The van der Waals surface area contributed by atoms with E-state index in [1.54, 1.807) is 0 Å². The Kier molecular flexibility index (Phi) is 3.72. The van der Waals surface area contributed by atoms with E-state index in [0.29, 0.717) is 5.56 Å². The Morgan fingerprint density at radius 3 is 2.62 bits per heavy atom. The fraction of sp³-hybridized carbons (Fsp3) is 0.357. The first-order valence-corrected chi connectivity index (χ1v) is 5.21. The Morgan fingerprint density at radius 1 is 1.44 bits per heavy atom. The van der Waals surface area contributed by atoms with Crippen molar-refractivity contribution in [2.24, 2.45) is 0 Å². The van der Waals surface area contributed by atoms with Gasteiger partial charge in [0.15, 0.2) is 0 Å². The third-order valence-electron chi connectivity index (χ3n) is 2.55. The maximum Gasteiger partial charge on any atom is 0.0991 e. The highest BCUT2D eigenvalue weighted by molar-refractivity contribution is 5.37. The highest BCUT2D eigenvalue weighted by Gasteiger charge is 2.12. The van der Waals surface area contributed by atoms with Gasteiger partial charge in [0, 0.05) is 6.54 Å². The molecule has 0 aliphatic carbocycles. The van der Waals surface area contributed by atoms with Crippen LogP contribution in [0.1, 0.15) is 30.5 Å². The minimum absolute atomic E-state index is 0.305. The lowest BCUT2D eigenvalue weighted by Crippen LogP contribution is -2.37. The molecule has 1 N–H and O–H groups in total. The number of aryl methyl sites for hydroxylation is 1. The Hall–Kier alpha value is -1.77. The van der Waals surface area contributed by atoms with Crippen LogP contribution in [0.2, 0.25) is 0 Å². The minimum atomic E-state index is -0.305. The van der Waals surface area contributed by atoms with Gasteiger partial charge in [-0.3, -0.25) is 5.32 Å². The van der Waals surface area contributed by atoms with Crippen molar-refractivity contribution in [2.45, 2.75) is 32.9 Å². The lowest BCUT2D eigenvalue weighted by molar-refractivity contribution is 0.490. The molecule has 0 aliphatic heterocycles. The van der Waals surface area contributed by atoms with Crippen molar-refractivity contribution in [3.63, 3.8) is 0 Å². The van der Waals surface area contributed by atoms with Crippen molar-refractivity contribution < 1.29 is 0 Å². The Balaban J connectivity index is 2.77. The van der Waals surface area contributed by atoms with E-state index in [4.69, 9.17) is 11.7 Å². The molecule has 0 aliphatic rings. The predicted molar refractivity (Wildman–Crippen MR) is 65.6 cm³/mol. The molecule has 0 saturated heterocycles. The van der Waals surface area contributed by atoms with Crippen LogP contribution in [0.4, 0.5) is 0 Å². The SMILES string of the molecule is C#CC(C)(C)NCc1ccc(C#N)cc1C. The number of terminal acetylenes is 1. The van der Waals surface area contributed by atoms with Gasteiger partial charge in [0.1, 0.15) is 0 Å². The third kappa shape index (κ3) is 3.12. The Bertz CT molecular complexity index is 459. The van der Waals surface area contributed by atoms with E-state index >= 15 is 0 Å². The number of nitrogens with zero attached hydrogens (tertiary/aromatic N) is 1. The molecule has 16 heavy (non-hydrogen) atoms. The number of hydrogen-bond acceptors (Lipinski definition) is 2. The molecule has 2 nitrogen and oxygen atoms in total. The Morgan fingerprint density at radius 2 is 2.12 bits per heavy atom. The van der Waals surface area contributed by atoms with Crippen molar-refractivity contribution in [3.05, 3.63) is 34.9 Å². The first-order chi connectivity index (χ1) is 7.48. The second-order valence-corrected chi connectivity index (χ2v) is 4.38. The average Bonchev–Trinajstić information content (AvgIpc) is 2.27. The van der Waals surface area contributed by atoms with Gasteiger partial charge >= 0.3 is 0 Å². The molecule has 0 fully saturated rings. The van der Waals surface area contributed by atoms with Gasteiger partial charge in [-0.1, -0.05) is 12.0 Å². The zero-order valence-electron chi connectivity index (χ0n) is 9.96. The number of rotatable bonds is 3. The molecule has 2 heteroatoms. The summed E-state index contributed by atoms with van der Waals surface area (Å²) >= 11 is 0. The number of nitriles is 1. The number of nitrogens with one attached hydrogen (secondary N) is 1. The zero-order valence-corrected chi connectivity index (χ0v) is 9.96. The van der Waals surface area contributed by atoms with E-state index in [2.05, 4.69) is 17.3 Å². The largest absolute Gasteiger partial charge is 0.297 e. The summed E-state index contributed by atoms with van der Waals surface area (Å²) in [6.07, 6.45) is 5.40. The van der Waals surface area contributed by atoms with Crippen molar-refractivity contribution in [3.8, 4) is 18.4 Å². The first kappa shape index (κ1) is 12.3. The fourth-order valence-electron chi connectivity index (χ4n) is 1.33. The summed E-state index contributed by atoms with van der Waals surface area (Å²) in [6.45, 7) is 6.65. The van der Waals surface area contributed by atoms with Gasteiger partial charge in [0.2, 0.25) is 0 Å². The van der Waals surface area contributed by atoms with Gasteiger partial charge in [-0.05, 0) is 44.0 Å². The summed E-state index contributed by atoms with van der Waals surface area (Å²) < 4.78 is 0. The minimum Gasteiger partial charge on any atom is -0.297 e. The number of hydrogen-bond donors (Lipinski definition) is 1. The van der Waals surface area contributed by atoms with Crippen LogP contribution in [0, 0.1) is 30.6 Å². The predicted octanol–water partition coefficient (Wildman–Crippen LogP) is 2.37. The van der Waals surface area contributed by atoms with Crippen LogP contribution in [0.3, 0.4) is 0 Å². The van der Waals surface area contributed by atoms with Crippen LogP contribution in [0.15, 0.2) is 18.2 Å². The summed E-state index contributed by atoms with van der Waals surface area (Å²) in [6, 6.07) is 7.81. The summed E-state index contributed by atoms with van der Waals surface area (Å²) in [5.41, 5.74) is 2.67. The molecule has 0 spiro atoms. The molecule has 1 rings (SSSR count). The lowest BCUT2D eigenvalue weighted by Gasteiger charge is -2.20. The van der Waals surface area contributed by atoms with E-state index in [0.717, 1.165) is 12.1 Å². The monoisotopic (exact) mass is 212 g/mol. The maximum atomic E-state index is 8.76. The maximum absolute atomic E-state index is 8.76. The van der Waals surface area contributed by atoms with Gasteiger partial charge in [-0.15, -0.1) is 6.42 Å². The molecular formula is C14H16N2. The summed E-state index contributed by atoms with van der Waals surface area (Å²) in [7, 11) is 0. The summed E-state index contributed by atoms with van der Waals surface area (Å²) in [4.78, 5) is 0. The molecule has 0 unspecified atom stereocenters. The zero-order chi connectivity index (χ0) is 12.2. The van der Waals surface area contributed by atoms with E-state index in [1.165, 1.54) is 5.56 Å². The summed E-state index contributed by atoms with van der Waals surface area (Å²) in [5.74, 6) is 2.69. The molecule has 0 radical (unpaired) electrons. The molecule has 0 heterocycles. The second kappa shape index (κ2) is 4.84. The molecule has 0 bridgehead atoms. The highest BCUT2D eigenvalue weighted by atomic mass is 14.9. The van der Waals surface area contributed by atoms with Crippen molar-refractivity contribution in [1.82, 2.24) is 5.32 Å². The first-order valence-electron chi connectivity index (χ1n) is 5.21. The molecule has 0 amide bonds. The normalized spacial score (nSPS) is 10.6. The molecule has 0 saturated carbocycles. The smallest absolute Gasteiger partial charge is 0.0991 e. The van der Waals surface area contributed by atoms with Crippen LogP contribution in [-0.2, 0) is 6.54 Å². The van der Waals surface area contributed by atoms with Crippen LogP contribution in [-0.4, -0.2) is 5.54 Å². The van der Waals surface area contributed by atoms with Crippen molar-refractivity contribution >= 4 is 0 Å². The van der Waals surface area contributed by atoms with Gasteiger partial charge < -0.3 is 0 Å². The van der Waals surface area contributed by atoms with Gasteiger partial charge in [0.05, 0.1) is 17.2 Å². The van der Waals surface area contributed by atoms with Crippen LogP contribution >= 0.6 is 0 Å². The molecule has 1 aromatic rings. The van der Waals surface area contributed by atoms with E-state index in [9.17, 15) is 0 Å². The average molecular weight is 212 g/mol. The topological polar surface area (TPSA) is 35.8 Å². The van der Waals surface area contributed by atoms with Crippen LogP contribution in [0.25, 0.3) is 0 Å². The fourth-order valence-corrected chi connectivity index (χ4v) is 1.33. The standard InChI is InChI=1S/C14H16N2/c1-5-14(3,4)16-10-13-7-6-12(9-15)8-11(13)2/h1,6-8,16H,10H2,2-4H3. The van der Waals surface area contributed by atoms with Gasteiger partial charge in [-0.25, -0.2) is 0 Å². The van der Waals surface area contributed by atoms with E-state index < -0.39 is 0 Å². The quantitative estimate of drug-likeness (QED) is 0.781. The highest BCUT2D eigenvalue weighted by Crippen LogP contribution is 2.11. The van der Waals surface area contributed by atoms with E-state index in [-0.39, 0.29) is 5.54 Å². The van der Waals surface area contributed by atoms with Crippen molar-refractivity contribution in [1.29, 1.82) is 5.26 Å². The Labute approximate surface area is 97.3 Å². The summed E-state index contributed by atoms with van der Waals surface area (Å²) in [5, 5.41) is 12.0.